The van der Waals surface area contributed by atoms with Crippen LogP contribution in [0.25, 0.3) is 0 Å². The second kappa shape index (κ2) is 8.52. The van der Waals surface area contributed by atoms with E-state index in [9.17, 15) is 9.59 Å². The van der Waals surface area contributed by atoms with Crippen molar-refractivity contribution in [1.82, 2.24) is 4.90 Å². The van der Waals surface area contributed by atoms with E-state index in [4.69, 9.17) is 19.5 Å². The number of esters is 1. The third kappa shape index (κ3) is 4.38. The minimum atomic E-state index is -0.683. The Morgan fingerprint density at radius 2 is 2.00 bits per heavy atom. The number of para-hydroxylation sites is 1. The molecule has 0 unspecified atom stereocenters. The molecule has 7 nitrogen and oxygen atoms in total. The molecule has 0 aliphatic carbocycles. The van der Waals surface area contributed by atoms with Gasteiger partial charge in [-0.25, -0.2) is 4.79 Å². The number of carbonyl (C=O) groups is 2. The third-order valence-electron chi connectivity index (χ3n) is 2.93. The van der Waals surface area contributed by atoms with Gasteiger partial charge in [0.1, 0.15) is 5.56 Å². The van der Waals surface area contributed by atoms with Gasteiger partial charge in [-0.2, -0.15) is 5.26 Å². The first-order chi connectivity index (χ1) is 10.5. The van der Waals surface area contributed by atoms with Gasteiger partial charge in [0.15, 0.2) is 18.1 Å². The van der Waals surface area contributed by atoms with Gasteiger partial charge < -0.3 is 19.1 Å². The lowest BCUT2D eigenvalue weighted by Crippen LogP contribution is -2.32. The summed E-state index contributed by atoms with van der Waals surface area (Å²) in [5.74, 6) is -0.419. The van der Waals surface area contributed by atoms with Crippen LogP contribution in [0.2, 0.25) is 0 Å². The second-order valence-electron chi connectivity index (χ2n) is 4.34. The number of methoxy groups -OCH3 is 2. The number of rotatable bonds is 7. The van der Waals surface area contributed by atoms with Gasteiger partial charge in [-0.15, -0.1) is 0 Å². The topological polar surface area (TPSA) is 88.9 Å². The van der Waals surface area contributed by atoms with Crippen molar-refractivity contribution in [1.29, 1.82) is 5.26 Å². The maximum absolute atomic E-state index is 12.1. The van der Waals surface area contributed by atoms with Crippen molar-refractivity contribution in [3.63, 3.8) is 0 Å². The molecule has 0 atom stereocenters. The molecule has 1 amide bonds. The predicted molar refractivity (Wildman–Crippen MR) is 77.7 cm³/mol. The van der Waals surface area contributed by atoms with Gasteiger partial charge in [0.05, 0.1) is 26.7 Å². The van der Waals surface area contributed by atoms with Crippen LogP contribution in [0.15, 0.2) is 18.2 Å². The highest BCUT2D eigenvalue weighted by Crippen LogP contribution is 2.31. The summed E-state index contributed by atoms with van der Waals surface area (Å²) in [6, 6.07) is 6.73. The molecule has 0 N–H and O–H groups in total. The molecule has 7 heteroatoms. The number of ether oxygens (including phenoxy) is 3. The molecule has 0 fully saturated rings. The Morgan fingerprint density at radius 1 is 1.27 bits per heavy atom. The molecule has 0 aliphatic rings. The van der Waals surface area contributed by atoms with Gasteiger partial charge >= 0.3 is 5.97 Å². The molecule has 0 bridgehead atoms. The van der Waals surface area contributed by atoms with Gasteiger partial charge in [0.25, 0.3) is 5.91 Å². The van der Waals surface area contributed by atoms with Crippen molar-refractivity contribution < 1.29 is 23.8 Å². The highest BCUT2D eigenvalue weighted by atomic mass is 16.5. The zero-order valence-corrected chi connectivity index (χ0v) is 12.8. The number of carbonyl (C=O) groups excluding carboxylic acids is 2. The van der Waals surface area contributed by atoms with E-state index >= 15 is 0 Å². The molecule has 1 rings (SSSR count). The third-order valence-corrected chi connectivity index (χ3v) is 2.93. The molecule has 1 aromatic carbocycles. The maximum Gasteiger partial charge on any atom is 0.342 e. The molecule has 0 spiro atoms. The first-order valence-electron chi connectivity index (χ1n) is 6.54. The fourth-order valence-electron chi connectivity index (χ4n) is 1.71. The smallest absolute Gasteiger partial charge is 0.342 e. The number of nitriles is 1. The van der Waals surface area contributed by atoms with Gasteiger partial charge in [0, 0.05) is 13.6 Å². The summed E-state index contributed by atoms with van der Waals surface area (Å²) in [6.07, 6.45) is 0.222. The number of amides is 1. The molecule has 0 heterocycles. The van der Waals surface area contributed by atoms with E-state index in [0.29, 0.717) is 5.75 Å². The SMILES string of the molecule is COc1cccc(C(=O)OCC(=O)N(C)CCC#N)c1OC. The van der Waals surface area contributed by atoms with Crippen LogP contribution in [0.5, 0.6) is 11.5 Å². The van der Waals surface area contributed by atoms with E-state index in [0.717, 1.165) is 0 Å². The lowest BCUT2D eigenvalue weighted by atomic mass is 10.2. The predicted octanol–water partition coefficient (Wildman–Crippen LogP) is 1.23. The van der Waals surface area contributed by atoms with Crippen LogP contribution in [0.4, 0.5) is 0 Å². The van der Waals surface area contributed by atoms with Crippen LogP contribution >= 0.6 is 0 Å². The molecule has 0 saturated heterocycles. The Kier molecular flexibility index (Phi) is 6.70. The van der Waals surface area contributed by atoms with Crippen molar-refractivity contribution in [2.45, 2.75) is 6.42 Å². The Bertz CT molecular complexity index is 580. The molecule has 22 heavy (non-hydrogen) atoms. The largest absolute Gasteiger partial charge is 0.493 e. The van der Waals surface area contributed by atoms with Crippen LogP contribution in [-0.2, 0) is 9.53 Å². The number of hydrogen-bond donors (Lipinski definition) is 0. The molecule has 118 valence electrons. The summed E-state index contributed by atoms with van der Waals surface area (Å²) in [5.41, 5.74) is 0.175. The Hall–Kier alpha value is -2.75. The summed E-state index contributed by atoms with van der Waals surface area (Å²) in [7, 11) is 4.41. The highest BCUT2D eigenvalue weighted by Gasteiger charge is 2.19. The van der Waals surface area contributed by atoms with Crippen LogP contribution in [0.3, 0.4) is 0 Å². The minimum Gasteiger partial charge on any atom is -0.493 e. The van der Waals surface area contributed by atoms with Crippen molar-refractivity contribution in [3.8, 4) is 17.6 Å². The number of likely N-dealkylation sites (N-methyl/N-ethyl adjacent to an activating group) is 1. The van der Waals surface area contributed by atoms with Gasteiger partial charge in [-0.05, 0) is 12.1 Å². The van der Waals surface area contributed by atoms with E-state index in [-0.39, 0.29) is 30.2 Å². The Morgan fingerprint density at radius 3 is 2.59 bits per heavy atom. The normalized spacial score (nSPS) is 9.55. The van der Waals surface area contributed by atoms with Crippen molar-refractivity contribution in [2.75, 3.05) is 34.4 Å². The van der Waals surface area contributed by atoms with Gasteiger partial charge in [-0.1, -0.05) is 6.07 Å². The average molecular weight is 306 g/mol. The number of hydrogen-bond acceptors (Lipinski definition) is 6. The fraction of sp³-hybridized carbons (Fsp3) is 0.400. The lowest BCUT2D eigenvalue weighted by molar-refractivity contribution is -0.133. The van der Waals surface area contributed by atoms with Gasteiger partial charge in [0.2, 0.25) is 0 Å². The van der Waals surface area contributed by atoms with Crippen LogP contribution in [0.1, 0.15) is 16.8 Å². The van der Waals surface area contributed by atoms with E-state index in [1.54, 1.807) is 19.2 Å². The molecular weight excluding hydrogens is 288 g/mol. The molecule has 0 radical (unpaired) electrons. The van der Waals surface area contributed by atoms with Crippen LogP contribution < -0.4 is 9.47 Å². The summed E-state index contributed by atoms with van der Waals surface area (Å²) in [4.78, 5) is 25.1. The number of nitrogens with zero attached hydrogens (tertiary/aromatic N) is 2. The summed E-state index contributed by atoms with van der Waals surface area (Å²) in [5, 5.41) is 8.47. The first kappa shape index (κ1) is 17.3. The van der Waals surface area contributed by atoms with E-state index in [1.807, 2.05) is 6.07 Å². The Labute approximate surface area is 129 Å². The van der Waals surface area contributed by atoms with Crippen molar-refractivity contribution in [3.05, 3.63) is 23.8 Å². The van der Waals surface area contributed by atoms with Gasteiger partial charge in [-0.3, -0.25) is 4.79 Å². The summed E-state index contributed by atoms with van der Waals surface area (Å²) in [6.45, 7) is -0.115. The second-order valence-corrected chi connectivity index (χ2v) is 4.34. The summed E-state index contributed by atoms with van der Waals surface area (Å²) < 4.78 is 15.2. The number of benzene rings is 1. The monoisotopic (exact) mass is 306 g/mol. The average Bonchev–Trinajstić information content (AvgIpc) is 2.55. The lowest BCUT2D eigenvalue weighted by Gasteiger charge is -2.16. The minimum absolute atomic E-state index is 0.175. The van der Waals surface area contributed by atoms with Crippen molar-refractivity contribution in [2.24, 2.45) is 0 Å². The molecule has 0 aromatic heterocycles. The quantitative estimate of drug-likeness (QED) is 0.704. The van der Waals surface area contributed by atoms with E-state index in [2.05, 4.69) is 0 Å². The fourth-order valence-corrected chi connectivity index (χ4v) is 1.71. The Balaban J connectivity index is 2.70. The summed E-state index contributed by atoms with van der Waals surface area (Å²) >= 11 is 0. The molecule has 1 aromatic rings. The molecule has 0 aliphatic heterocycles. The van der Waals surface area contributed by atoms with Crippen molar-refractivity contribution >= 4 is 11.9 Å². The first-order valence-corrected chi connectivity index (χ1v) is 6.54. The highest BCUT2D eigenvalue weighted by molar-refractivity contribution is 5.94. The van der Waals surface area contributed by atoms with E-state index in [1.165, 1.54) is 25.2 Å². The zero-order valence-electron chi connectivity index (χ0n) is 12.8. The van der Waals surface area contributed by atoms with Crippen LogP contribution in [-0.4, -0.2) is 51.2 Å². The molecular formula is C15H18N2O5. The van der Waals surface area contributed by atoms with E-state index < -0.39 is 12.6 Å². The zero-order chi connectivity index (χ0) is 16.5. The maximum atomic E-state index is 12.1. The molecule has 0 saturated carbocycles. The standard InChI is InChI=1S/C15H18N2O5/c1-17(9-5-8-16)13(18)10-22-15(19)11-6-4-7-12(20-2)14(11)21-3/h4,6-7H,5,9-10H2,1-3H3. The van der Waals surface area contributed by atoms with Crippen LogP contribution in [0, 0.1) is 11.3 Å².